The zero-order valence-electron chi connectivity index (χ0n) is 13.3. The molecule has 0 aromatic heterocycles. The smallest absolute Gasteiger partial charge is 0.315 e. The number of aliphatic hydroxyl groups is 1. The summed E-state index contributed by atoms with van der Waals surface area (Å²) < 4.78 is 0. The van der Waals surface area contributed by atoms with E-state index in [9.17, 15) is 9.90 Å². The molecule has 4 nitrogen and oxygen atoms in total. The predicted molar refractivity (Wildman–Crippen MR) is 83.1 cm³/mol. The Morgan fingerprint density at radius 2 is 1.91 bits per heavy atom. The molecule has 6 fully saturated rings. The van der Waals surface area contributed by atoms with Crippen molar-refractivity contribution in [1.29, 1.82) is 0 Å². The summed E-state index contributed by atoms with van der Waals surface area (Å²) in [5.41, 5.74) is 0.0621. The number of rotatable bonds is 5. The van der Waals surface area contributed by atoms with Gasteiger partial charge >= 0.3 is 6.03 Å². The maximum Gasteiger partial charge on any atom is 0.315 e. The lowest BCUT2D eigenvalue weighted by Crippen LogP contribution is -2.48. The molecule has 6 unspecified atom stereocenters. The van der Waals surface area contributed by atoms with Crippen LogP contribution in [0, 0.1) is 40.9 Å². The van der Waals surface area contributed by atoms with Crippen molar-refractivity contribution < 1.29 is 9.90 Å². The normalized spacial score (nSPS) is 53.0. The monoisotopic (exact) mass is 304 g/mol. The third-order valence-electron chi connectivity index (χ3n) is 8.17. The van der Waals surface area contributed by atoms with E-state index in [1.807, 2.05) is 0 Å². The van der Waals surface area contributed by atoms with E-state index in [1.54, 1.807) is 0 Å². The first-order valence-electron chi connectivity index (χ1n) is 9.37. The van der Waals surface area contributed by atoms with Crippen LogP contribution in [0.25, 0.3) is 0 Å². The molecule has 6 saturated carbocycles. The Morgan fingerprint density at radius 3 is 2.55 bits per heavy atom. The van der Waals surface area contributed by atoms with Gasteiger partial charge in [-0.15, -0.1) is 0 Å². The van der Waals surface area contributed by atoms with Crippen molar-refractivity contribution in [2.75, 3.05) is 13.2 Å². The standard InChI is InChI=1S/C18H28N2O2/c21-9-18-14-7-13(8-15(14)18)16(18)20-17(22)19-4-3-12-6-10-1-2-11(12)5-10/h10-16,21H,1-9H2,(H2,19,20,22). The second kappa shape index (κ2) is 4.62. The van der Waals surface area contributed by atoms with Crippen molar-refractivity contribution >= 4 is 6.03 Å². The number of hydrogen-bond acceptors (Lipinski definition) is 2. The Balaban J connectivity index is 1.10. The average Bonchev–Trinajstić information content (AvgIpc) is 3.12. The van der Waals surface area contributed by atoms with Gasteiger partial charge in [0, 0.05) is 18.0 Å². The first-order chi connectivity index (χ1) is 10.7. The van der Waals surface area contributed by atoms with Crippen molar-refractivity contribution in [3.8, 4) is 0 Å². The number of carbonyl (C=O) groups is 1. The van der Waals surface area contributed by atoms with Crippen molar-refractivity contribution in [3.05, 3.63) is 0 Å². The van der Waals surface area contributed by atoms with Crippen molar-refractivity contribution in [1.82, 2.24) is 10.6 Å². The number of amides is 2. The Hall–Kier alpha value is -0.770. The van der Waals surface area contributed by atoms with E-state index in [0.29, 0.717) is 17.8 Å². The van der Waals surface area contributed by atoms with Gasteiger partial charge in [0.25, 0.3) is 0 Å². The number of urea groups is 1. The summed E-state index contributed by atoms with van der Waals surface area (Å²) >= 11 is 0. The molecule has 6 rings (SSSR count). The largest absolute Gasteiger partial charge is 0.396 e. The molecule has 6 bridgehead atoms. The maximum atomic E-state index is 12.2. The van der Waals surface area contributed by atoms with Crippen LogP contribution in [0.2, 0.25) is 0 Å². The highest BCUT2D eigenvalue weighted by molar-refractivity contribution is 5.74. The molecule has 0 saturated heterocycles. The molecular weight excluding hydrogens is 276 g/mol. The molecule has 0 heterocycles. The van der Waals surface area contributed by atoms with Crippen LogP contribution in [0.15, 0.2) is 0 Å². The van der Waals surface area contributed by atoms with Crippen LogP contribution >= 0.6 is 0 Å². The number of fused-ring (bicyclic) bond motifs is 2. The Morgan fingerprint density at radius 1 is 1.09 bits per heavy atom. The van der Waals surface area contributed by atoms with E-state index in [2.05, 4.69) is 10.6 Å². The van der Waals surface area contributed by atoms with Gasteiger partial charge in [0.05, 0.1) is 6.61 Å². The van der Waals surface area contributed by atoms with Crippen molar-refractivity contribution in [2.24, 2.45) is 40.9 Å². The van der Waals surface area contributed by atoms with Crippen LogP contribution in [0.5, 0.6) is 0 Å². The second-order valence-electron chi connectivity index (χ2n) is 8.82. The first kappa shape index (κ1) is 13.6. The molecule has 0 aromatic carbocycles. The molecule has 3 N–H and O–H groups in total. The molecule has 6 atom stereocenters. The van der Waals surface area contributed by atoms with Crippen LogP contribution in [-0.4, -0.2) is 30.3 Å². The second-order valence-corrected chi connectivity index (χ2v) is 8.82. The van der Waals surface area contributed by atoms with Gasteiger partial charge < -0.3 is 15.7 Å². The zero-order valence-corrected chi connectivity index (χ0v) is 13.3. The molecule has 122 valence electrons. The Bertz CT molecular complexity index is 481. The average molecular weight is 304 g/mol. The predicted octanol–water partition coefficient (Wildman–Crippen LogP) is 2.13. The minimum atomic E-state index is -0.000758. The van der Waals surface area contributed by atoms with Gasteiger partial charge in [0.15, 0.2) is 0 Å². The highest BCUT2D eigenvalue weighted by Crippen LogP contribution is 2.78. The van der Waals surface area contributed by atoms with Gasteiger partial charge in [-0.1, -0.05) is 6.42 Å². The summed E-state index contributed by atoms with van der Waals surface area (Å²) in [5.74, 6) is 4.81. The number of carbonyl (C=O) groups excluding carboxylic acids is 1. The van der Waals surface area contributed by atoms with Gasteiger partial charge in [-0.25, -0.2) is 4.79 Å². The Kier molecular flexibility index (Phi) is 2.87. The van der Waals surface area contributed by atoms with E-state index in [0.717, 1.165) is 30.7 Å². The lowest BCUT2D eigenvalue weighted by atomic mass is 9.86. The summed E-state index contributed by atoms with van der Waals surface area (Å²) in [6, 6.07) is 0.231. The van der Waals surface area contributed by atoms with E-state index in [1.165, 1.54) is 38.5 Å². The van der Waals surface area contributed by atoms with Crippen molar-refractivity contribution in [3.63, 3.8) is 0 Å². The summed E-state index contributed by atoms with van der Waals surface area (Å²) in [5, 5.41) is 16.0. The zero-order chi connectivity index (χ0) is 14.9. The van der Waals surface area contributed by atoms with Gasteiger partial charge in [0.2, 0.25) is 0 Å². The molecule has 4 heteroatoms. The lowest BCUT2D eigenvalue weighted by Gasteiger charge is -2.24. The summed E-state index contributed by atoms with van der Waals surface area (Å²) in [7, 11) is 0. The minimum absolute atomic E-state index is 0.000758. The van der Waals surface area contributed by atoms with E-state index in [4.69, 9.17) is 0 Å². The number of aliphatic hydroxyl groups excluding tert-OH is 1. The molecular formula is C18H28N2O2. The van der Waals surface area contributed by atoms with E-state index < -0.39 is 0 Å². The first-order valence-corrected chi connectivity index (χ1v) is 9.37. The fraction of sp³-hybridized carbons (Fsp3) is 0.944. The van der Waals surface area contributed by atoms with Crippen LogP contribution in [-0.2, 0) is 0 Å². The SMILES string of the molecule is O=C(NCCC1CC2CCC1C2)NC1C2CC3C(C2)C31CO. The topological polar surface area (TPSA) is 61.4 Å². The fourth-order valence-corrected chi connectivity index (χ4v) is 7.20. The van der Waals surface area contributed by atoms with Crippen LogP contribution < -0.4 is 10.6 Å². The molecule has 2 amide bonds. The molecule has 0 aromatic rings. The molecule has 0 radical (unpaired) electrons. The number of hydrogen-bond donors (Lipinski definition) is 3. The third-order valence-corrected chi connectivity index (χ3v) is 8.17. The van der Waals surface area contributed by atoms with E-state index in [-0.39, 0.29) is 24.1 Å². The van der Waals surface area contributed by atoms with Crippen LogP contribution in [0.1, 0.15) is 44.9 Å². The van der Waals surface area contributed by atoms with Gasteiger partial charge in [-0.3, -0.25) is 0 Å². The van der Waals surface area contributed by atoms with Crippen LogP contribution in [0.3, 0.4) is 0 Å². The van der Waals surface area contributed by atoms with Gasteiger partial charge in [-0.2, -0.15) is 0 Å². The maximum absolute atomic E-state index is 12.2. The molecule has 0 aliphatic heterocycles. The quantitative estimate of drug-likeness (QED) is 0.728. The fourth-order valence-electron chi connectivity index (χ4n) is 7.20. The summed E-state index contributed by atoms with van der Waals surface area (Å²) in [6.45, 7) is 1.07. The third kappa shape index (κ3) is 1.70. The molecule has 22 heavy (non-hydrogen) atoms. The minimum Gasteiger partial charge on any atom is -0.396 e. The lowest BCUT2D eigenvalue weighted by molar-refractivity contribution is 0.172. The Labute approximate surface area is 132 Å². The van der Waals surface area contributed by atoms with Gasteiger partial charge in [0.1, 0.15) is 0 Å². The number of nitrogens with one attached hydrogen (secondary N) is 2. The van der Waals surface area contributed by atoms with E-state index >= 15 is 0 Å². The highest BCUT2D eigenvalue weighted by atomic mass is 16.3. The summed E-state index contributed by atoms with van der Waals surface area (Å²) in [6.07, 6.45) is 9.32. The van der Waals surface area contributed by atoms with Gasteiger partial charge in [-0.05, 0) is 74.0 Å². The molecule has 0 spiro atoms. The van der Waals surface area contributed by atoms with Crippen molar-refractivity contribution in [2.45, 2.75) is 51.0 Å². The highest BCUT2D eigenvalue weighted by Gasteiger charge is 2.79. The summed E-state index contributed by atoms with van der Waals surface area (Å²) in [4.78, 5) is 12.2. The molecule has 6 aliphatic carbocycles. The molecule has 6 aliphatic rings. The van der Waals surface area contributed by atoms with Crippen LogP contribution in [0.4, 0.5) is 4.79 Å².